The molecule has 0 saturated carbocycles. The van der Waals surface area contributed by atoms with Crippen LogP contribution in [0.15, 0.2) is 24.3 Å². The Morgan fingerprint density at radius 1 is 1.35 bits per heavy atom. The third-order valence-corrected chi connectivity index (χ3v) is 2.64. The zero-order chi connectivity index (χ0) is 12.3. The molecule has 17 heavy (non-hydrogen) atoms. The number of anilines is 1. The maximum Gasteiger partial charge on any atom is 0.121 e. The lowest BCUT2D eigenvalue weighted by atomic mass is 10.3. The van der Waals surface area contributed by atoms with E-state index < -0.39 is 0 Å². The summed E-state index contributed by atoms with van der Waals surface area (Å²) >= 11 is 0. The van der Waals surface area contributed by atoms with Crippen molar-refractivity contribution < 1.29 is 4.74 Å². The van der Waals surface area contributed by atoms with Gasteiger partial charge >= 0.3 is 0 Å². The van der Waals surface area contributed by atoms with Crippen LogP contribution in [0.2, 0.25) is 0 Å². The van der Waals surface area contributed by atoms with Crippen LogP contribution in [-0.4, -0.2) is 16.6 Å². The van der Waals surface area contributed by atoms with Crippen LogP contribution in [0.1, 0.15) is 17.2 Å². The average molecular weight is 231 g/mol. The zero-order valence-electron chi connectivity index (χ0n) is 10.2. The van der Waals surface area contributed by atoms with E-state index >= 15 is 0 Å². The lowest BCUT2D eigenvalue weighted by molar-refractivity contribution is 0.319. The normalized spacial score (nSPS) is 10.5. The summed E-state index contributed by atoms with van der Waals surface area (Å²) in [7, 11) is 0. The second-order valence-corrected chi connectivity index (χ2v) is 4.06. The summed E-state index contributed by atoms with van der Waals surface area (Å²) in [4.78, 5) is 7.62. The van der Waals surface area contributed by atoms with Gasteiger partial charge in [-0.3, -0.25) is 0 Å². The van der Waals surface area contributed by atoms with Crippen molar-refractivity contribution in [1.82, 2.24) is 9.97 Å². The van der Waals surface area contributed by atoms with Crippen LogP contribution < -0.4 is 10.5 Å². The minimum Gasteiger partial charge on any atom is -0.493 e. The Hall–Kier alpha value is -1.97. The fourth-order valence-electron chi connectivity index (χ4n) is 1.61. The van der Waals surface area contributed by atoms with Crippen molar-refractivity contribution in [2.24, 2.45) is 0 Å². The molecule has 0 spiro atoms. The van der Waals surface area contributed by atoms with Gasteiger partial charge < -0.3 is 15.5 Å². The minimum absolute atomic E-state index is 0.593. The van der Waals surface area contributed by atoms with E-state index in [2.05, 4.69) is 9.97 Å². The minimum atomic E-state index is 0.593. The maximum atomic E-state index is 5.67. The predicted molar refractivity (Wildman–Crippen MR) is 68.1 cm³/mol. The molecule has 1 heterocycles. The molecule has 4 nitrogen and oxygen atoms in total. The molecule has 1 aromatic carbocycles. The van der Waals surface area contributed by atoms with Gasteiger partial charge in [0.2, 0.25) is 0 Å². The third kappa shape index (κ3) is 3.00. The van der Waals surface area contributed by atoms with Crippen LogP contribution >= 0.6 is 0 Å². The second kappa shape index (κ2) is 4.91. The van der Waals surface area contributed by atoms with Gasteiger partial charge in [-0.15, -0.1) is 0 Å². The van der Waals surface area contributed by atoms with Gasteiger partial charge in [0, 0.05) is 23.9 Å². The van der Waals surface area contributed by atoms with E-state index in [1.54, 1.807) is 0 Å². The topological polar surface area (TPSA) is 63.9 Å². The first-order valence-electron chi connectivity index (χ1n) is 5.65. The molecule has 0 aliphatic carbocycles. The summed E-state index contributed by atoms with van der Waals surface area (Å²) in [6.07, 6.45) is 0.767. The van der Waals surface area contributed by atoms with Crippen molar-refractivity contribution in [2.45, 2.75) is 20.3 Å². The number of hydrogen-bond acceptors (Lipinski definition) is 3. The summed E-state index contributed by atoms with van der Waals surface area (Å²) in [5.41, 5.74) is 8.54. The Bertz CT molecular complexity index is 486. The molecule has 3 N–H and O–H groups in total. The molecule has 0 bridgehead atoms. The Morgan fingerprint density at radius 3 is 2.82 bits per heavy atom. The fraction of sp³-hybridized carbons (Fsp3) is 0.308. The van der Waals surface area contributed by atoms with Gasteiger partial charge in [-0.05, 0) is 26.0 Å². The van der Waals surface area contributed by atoms with Gasteiger partial charge in [-0.1, -0.05) is 6.07 Å². The van der Waals surface area contributed by atoms with E-state index in [1.165, 1.54) is 0 Å². The van der Waals surface area contributed by atoms with Crippen molar-refractivity contribution in [3.05, 3.63) is 41.5 Å². The number of H-pyrrole nitrogens is 1. The smallest absolute Gasteiger partial charge is 0.121 e. The van der Waals surface area contributed by atoms with Gasteiger partial charge in [-0.2, -0.15) is 0 Å². The number of nitrogens with one attached hydrogen (secondary N) is 1. The summed E-state index contributed by atoms with van der Waals surface area (Å²) in [5, 5.41) is 0. The highest BCUT2D eigenvalue weighted by Crippen LogP contribution is 2.14. The Morgan fingerprint density at radius 2 is 2.18 bits per heavy atom. The predicted octanol–water partition coefficient (Wildman–Crippen LogP) is 2.23. The van der Waals surface area contributed by atoms with Gasteiger partial charge in [-0.25, -0.2) is 4.98 Å². The molecule has 4 heteroatoms. The standard InChI is InChI=1S/C13H17N3O/c1-9-10(2)16-13(15-9)6-7-17-12-5-3-4-11(14)8-12/h3-5,8H,6-7,14H2,1-2H3,(H,15,16). The number of benzene rings is 1. The number of aromatic nitrogens is 2. The van der Waals surface area contributed by atoms with Crippen molar-refractivity contribution >= 4 is 5.69 Å². The number of imidazole rings is 1. The number of nitrogens with two attached hydrogens (primary N) is 1. The van der Waals surface area contributed by atoms with E-state index in [0.29, 0.717) is 12.3 Å². The van der Waals surface area contributed by atoms with Crippen LogP contribution in [-0.2, 0) is 6.42 Å². The van der Waals surface area contributed by atoms with Crippen molar-refractivity contribution in [3.63, 3.8) is 0 Å². The van der Waals surface area contributed by atoms with Crippen molar-refractivity contribution in [1.29, 1.82) is 0 Å². The number of ether oxygens (including phenoxy) is 1. The molecule has 90 valence electrons. The molecule has 0 saturated heterocycles. The molecule has 0 aliphatic rings. The number of nitrogen functional groups attached to an aromatic ring is 1. The monoisotopic (exact) mass is 231 g/mol. The Balaban J connectivity index is 1.87. The van der Waals surface area contributed by atoms with E-state index in [0.717, 1.165) is 29.4 Å². The highest BCUT2D eigenvalue weighted by molar-refractivity contribution is 5.43. The first-order valence-corrected chi connectivity index (χ1v) is 5.65. The number of rotatable bonds is 4. The van der Waals surface area contributed by atoms with Crippen LogP contribution in [0, 0.1) is 13.8 Å². The largest absolute Gasteiger partial charge is 0.493 e. The number of hydrogen-bond donors (Lipinski definition) is 2. The van der Waals surface area contributed by atoms with E-state index in [4.69, 9.17) is 10.5 Å². The van der Waals surface area contributed by atoms with Crippen LogP contribution in [0.25, 0.3) is 0 Å². The fourth-order valence-corrected chi connectivity index (χ4v) is 1.61. The molecular weight excluding hydrogens is 214 g/mol. The Kier molecular flexibility index (Phi) is 3.32. The molecule has 1 aromatic heterocycles. The molecule has 0 atom stereocenters. The SMILES string of the molecule is Cc1nc(CCOc2cccc(N)c2)[nH]c1C. The molecule has 0 aliphatic heterocycles. The van der Waals surface area contributed by atoms with Crippen molar-refractivity contribution in [2.75, 3.05) is 12.3 Å². The van der Waals surface area contributed by atoms with Crippen LogP contribution in [0.3, 0.4) is 0 Å². The molecule has 0 unspecified atom stereocenters. The highest BCUT2D eigenvalue weighted by Gasteiger charge is 2.02. The molecule has 2 aromatic rings. The average Bonchev–Trinajstić information content (AvgIpc) is 2.58. The maximum absolute atomic E-state index is 5.67. The molecule has 0 amide bonds. The second-order valence-electron chi connectivity index (χ2n) is 4.06. The molecule has 0 radical (unpaired) electrons. The van der Waals surface area contributed by atoms with E-state index in [1.807, 2.05) is 38.1 Å². The number of nitrogens with zero attached hydrogens (tertiary/aromatic N) is 1. The third-order valence-electron chi connectivity index (χ3n) is 2.64. The Labute approximate surface area is 101 Å². The summed E-state index contributed by atoms with van der Waals surface area (Å²) in [6, 6.07) is 7.44. The van der Waals surface area contributed by atoms with Crippen molar-refractivity contribution in [3.8, 4) is 5.75 Å². The van der Waals surface area contributed by atoms with Gasteiger partial charge in [0.15, 0.2) is 0 Å². The number of aryl methyl sites for hydroxylation is 2. The summed E-state index contributed by atoms with van der Waals surface area (Å²) in [6.45, 7) is 4.61. The van der Waals surface area contributed by atoms with Gasteiger partial charge in [0.25, 0.3) is 0 Å². The zero-order valence-corrected chi connectivity index (χ0v) is 10.2. The molecular formula is C13H17N3O. The lowest BCUT2D eigenvalue weighted by Crippen LogP contribution is -2.03. The van der Waals surface area contributed by atoms with Gasteiger partial charge in [0.1, 0.15) is 11.6 Å². The van der Waals surface area contributed by atoms with Crippen LogP contribution in [0.4, 0.5) is 5.69 Å². The highest BCUT2D eigenvalue weighted by atomic mass is 16.5. The first-order chi connectivity index (χ1) is 8.15. The summed E-state index contributed by atoms with van der Waals surface area (Å²) in [5.74, 6) is 1.76. The van der Waals surface area contributed by atoms with Gasteiger partial charge in [0.05, 0.1) is 12.3 Å². The van der Waals surface area contributed by atoms with Crippen LogP contribution in [0.5, 0.6) is 5.75 Å². The number of aromatic amines is 1. The first kappa shape index (κ1) is 11.5. The van der Waals surface area contributed by atoms with E-state index in [-0.39, 0.29) is 0 Å². The molecule has 0 fully saturated rings. The quantitative estimate of drug-likeness (QED) is 0.793. The molecule has 2 rings (SSSR count). The summed E-state index contributed by atoms with van der Waals surface area (Å²) < 4.78 is 5.60. The van der Waals surface area contributed by atoms with E-state index in [9.17, 15) is 0 Å². The lowest BCUT2D eigenvalue weighted by Gasteiger charge is -2.05.